The number of carbonyl (C=O) groups excluding carboxylic acids is 3. The fourth-order valence-electron chi connectivity index (χ4n) is 4.19. The van der Waals surface area contributed by atoms with E-state index in [0.717, 1.165) is 10.5 Å². The van der Waals surface area contributed by atoms with Crippen molar-refractivity contribution in [1.82, 2.24) is 5.32 Å². The minimum Gasteiger partial charge on any atom is -0.489 e. The quantitative estimate of drug-likeness (QED) is 0.162. The van der Waals surface area contributed by atoms with Crippen LogP contribution in [0.25, 0.3) is 6.08 Å². The van der Waals surface area contributed by atoms with Gasteiger partial charge in [0.1, 0.15) is 24.5 Å². The van der Waals surface area contributed by atoms with Crippen LogP contribution in [0.5, 0.6) is 11.5 Å². The monoisotopic (exact) mass is 616 g/mol. The van der Waals surface area contributed by atoms with Gasteiger partial charge < -0.3 is 14.6 Å². The predicted molar refractivity (Wildman–Crippen MR) is 160 cm³/mol. The molecule has 1 saturated heterocycles. The smallest absolute Gasteiger partial charge is 0.335 e. The Hall–Kier alpha value is -5.12. The number of hydrogen-bond acceptors (Lipinski definition) is 6. The van der Waals surface area contributed by atoms with Gasteiger partial charge in [-0.05, 0) is 71.3 Å². The molecule has 216 valence electrons. The molecule has 0 aromatic heterocycles. The Morgan fingerprint density at radius 2 is 1.42 bits per heavy atom. The van der Waals surface area contributed by atoms with Crippen molar-refractivity contribution in [1.29, 1.82) is 0 Å². The van der Waals surface area contributed by atoms with Gasteiger partial charge in [-0.15, -0.1) is 0 Å². The van der Waals surface area contributed by atoms with Gasteiger partial charge in [-0.1, -0.05) is 65.7 Å². The summed E-state index contributed by atoms with van der Waals surface area (Å²) >= 11 is 12.8. The fourth-order valence-corrected chi connectivity index (χ4v) is 4.80. The molecule has 4 amide bonds. The van der Waals surface area contributed by atoms with Crippen molar-refractivity contribution in [2.75, 3.05) is 4.90 Å². The summed E-state index contributed by atoms with van der Waals surface area (Å²) in [5.74, 6) is -2.04. The zero-order chi connectivity index (χ0) is 30.5. The van der Waals surface area contributed by atoms with E-state index in [1.54, 1.807) is 36.4 Å². The molecule has 4 aromatic rings. The molecule has 1 heterocycles. The van der Waals surface area contributed by atoms with Gasteiger partial charge in [-0.3, -0.25) is 14.9 Å². The van der Waals surface area contributed by atoms with Crippen LogP contribution in [0.4, 0.5) is 10.5 Å². The molecule has 0 spiro atoms. The van der Waals surface area contributed by atoms with Gasteiger partial charge in [-0.25, -0.2) is 14.5 Å². The van der Waals surface area contributed by atoms with E-state index in [4.69, 9.17) is 37.8 Å². The maximum atomic E-state index is 13.3. The van der Waals surface area contributed by atoms with Crippen LogP contribution in [0.1, 0.15) is 27.0 Å². The van der Waals surface area contributed by atoms with Crippen LogP contribution in [0.3, 0.4) is 0 Å². The maximum Gasteiger partial charge on any atom is 0.335 e. The highest BCUT2D eigenvalue weighted by Gasteiger charge is 2.37. The molecule has 0 unspecified atom stereocenters. The second-order valence-electron chi connectivity index (χ2n) is 9.33. The topological polar surface area (TPSA) is 122 Å². The first kappa shape index (κ1) is 29.4. The van der Waals surface area contributed by atoms with Crippen LogP contribution in [-0.2, 0) is 22.8 Å². The van der Waals surface area contributed by atoms with E-state index in [9.17, 15) is 19.2 Å². The molecule has 0 bridgehead atoms. The summed E-state index contributed by atoms with van der Waals surface area (Å²) in [6, 6.07) is 24.1. The average molecular weight is 617 g/mol. The highest BCUT2D eigenvalue weighted by molar-refractivity contribution is 6.40. The van der Waals surface area contributed by atoms with Gasteiger partial charge in [0.2, 0.25) is 0 Å². The van der Waals surface area contributed by atoms with Gasteiger partial charge in [0.25, 0.3) is 11.8 Å². The van der Waals surface area contributed by atoms with E-state index < -0.39 is 23.8 Å². The lowest BCUT2D eigenvalue weighted by atomic mass is 10.1. The number of imide groups is 2. The second kappa shape index (κ2) is 12.8. The summed E-state index contributed by atoms with van der Waals surface area (Å²) in [6.45, 7) is 0.410. The molecule has 0 saturated carbocycles. The minimum absolute atomic E-state index is 0.0633. The Morgan fingerprint density at radius 1 is 0.814 bits per heavy atom. The first-order chi connectivity index (χ1) is 20.7. The summed E-state index contributed by atoms with van der Waals surface area (Å²) in [4.78, 5) is 50.5. The van der Waals surface area contributed by atoms with Crippen molar-refractivity contribution in [3.63, 3.8) is 0 Å². The van der Waals surface area contributed by atoms with Crippen molar-refractivity contribution >= 4 is 58.8 Å². The van der Waals surface area contributed by atoms with Crippen molar-refractivity contribution < 1.29 is 33.8 Å². The van der Waals surface area contributed by atoms with E-state index in [-0.39, 0.29) is 39.2 Å². The molecule has 2 N–H and O–H groups in total. The number of ether oxygens (including phenoxy) is 2. The zero-order valence-corrected chi connectivity index (χ0v) is 23.8. The Morgan fingerprint density at radius 3 is 2.05 bits per heavy atom. The van der Waals surface area contributed by atoms with Crippen molar-refractivity contribution in [3.05, 3.63) is 129 Å². The van der Waals surface area contributed by atoms with E-state index in [1.807, 2.05) is 30.3 Å². The molecule has 5 rings (SSSR count). The molecule has 0 atom stereocenters. The van der Waals surface area contributed by atoms with Gasteiger partial charge in [-0.2, -0.15) is 0 Å². The molecule has 1 aliphatic heterocycles. The van der Waals surface area contributed by atoms with E-state index >= 15 is 0 Å². The molecule has 1 aliphatic rings. The number of nitrogens with one attached hydrogen (secondary N) is 1. The summed E-state index contributed by atoms with van der Waals surface area (Å²) in [7, 11) is 0. The van der Waals surface area contributed by atoms with Crippen molar-refractivity contribution in [2.45, 2.75) is 13.2 Å². The fraction of sp³-hybridized carbons (Fsp3) is 0.0625. The summed E-state index contributed by atoms with van der Waals surface area (Å²) in [5, 5.41) is 11.4. The largest absolute Gasteiger partial charge is 0.489 e. The van der Waals surface area contributed by atoms with Gasteiger partial charge in [0.15, 0.2) is 5.75 Å². The average Bonchev–Trinajstić information content (AvgIpc) is 2.99. The standard InChI is InChI=1S/C32H22Cl2N2O7/c33-26-15-21(16-27(34)28(26)43-18-20-6-8-22(9-7-20)31(39)40)14-25-29(37)35-32(41)36(30(25)38)23-10-12-24(13-11-23)42-17-19-4-2-1-3-5-19/h1-16H,17-18H2,(H,39,40)(H,35,37,41)/b25-14+. The third-order valence-electron chi connectivity index (χ3n) is 6.36. The Labute approximate surface area is 255 Å². The number of barbiturate groups is 1. The first-order valence-electron chi connectivity index (χ1n) is 12.8. The van der Waals surface area contributed by atoms with Crippen LogP contribution >= 0.6 is 23.2 Å². The number of urea groups is 1. The van der Waals surface area contributed by atoms with E-state index in [1.165, 1.54) is 30.3 Å². The van der Waals surface area contributed by atoms with Gasteiger partial charge in [0, 0.05) is 0 Å². The van der Waals surface area contributed by atoms with Crippen LogP contribution in [0, 0.1) is 0 Å². The first-order valence-corrected chi connectivity index (χ1v) is 13.6. The SMILES string of the molecule is O=C1NC(=O)N(c2ccc(OCc3ccccc3)cc2)C(=O)/C1=C/c1cc(Cl)c(OCc2ccc(C(=O)O)cc2)c(Cl)c1. The zero-order valence-electron chi connectivity index (χ0n) is 22.3. The lowest BCUT2D eigenvalue weighted by Crippen LogP contribution is -2.54. The van der Waals surface area contributed by atoms with Crippen LogP contribution < -0.4 is 19.7 Å². The Kier molecular flexibility index (Phi) is 8.75. The van der Waals surface area contributed by atoms with Crippen LogP contribution in [0.15, 0.2) is 96.6 Å². The molecule has 9 nitrogen and oxygen atoms in total. The number of carboxylic acids is 1. The molecule has 11 heteroatoms. The number of hydrogen-bond donors (Lipinski definition) is 2. The van der Waals surface area contributed by atoms with Gasteiger partial charge in [0.05, 0.1) is 21.3 Å². The molecule has 43 heavy (non-hydrogen) atoms. The lowest BCUT2D eigenvalue weighted by molar-refractivity contribution is -0.122. The highest BCUT2D eigenvalue weighted by Crippen LogP contribution is 2.36. The molecule has 1 fully saturated rings. The van der Waals surface area contributed by atoms with E-state index in [2.05, 4.69) is 5.32 Å². The van der Waals surface area contributed by atoms with Crippen molar-refractivity contribution in [3.8, 4) is 11.5 Å². The summed E-state index contributed by atoms with van der Waals surface area (Å²) in [6.07, 6.45) is 1.28. The Balaban J connectivity index is 1.31. The number of amides is 4. The minimum atomic E-state index is -1.04. The number of rotatable bonds is 9. The molecule has 4 aromatic carbocycles. The molecular formula is C32H22Cl2N2O7. The number of carbonyl (C=O) groups is 4. The third kappa shape index (κ3) is 6.86. The molecular weight excluding hydrogens is 595 g/mol. The number of carboxylic acid groups (broad SMARTS) is 1. The predicted octanol–water partition coefficient (Wildman–Crippen LogP) is 6.52. The second-order valence-corrected chi connectivity index (χ2v) is 10.1. The highest BCUT2D eigenvalue weighted by atomic mass is 35.5. The Bertz CT molecular complexity index is 1720. The lowest BCUT2D eigenvalue weighted by Gasteiger charge is -2.26. The normalized spacial score (nSPS) is 14.0. The molecule has 0 aliphatic carbocycles. The molecule has 0 radical (unpaired) electrons. The van der Waals surface area contributed by atoms with Gasteiger partial charge >= 0.3 is 12.0 Å². The summed E-state index contributed by atoms with van der Waals surface area (Å²) < 4.78 is 11.5. The maximum absolute atomic E-state index is 13.3. The number of halogens is 2. The van der Waals surface area contributed by atoms with E-state index in [0.29, 0.717) is 23.5 Å². The summed E-state index contributed by atoms with van der Waals surface area (Å²) in [5.41, 5.74) is 2.08. The van der Waals surface area contributed by atoms with Crippen LogP contribution in [0.2, 0.25) is 10.0 Å². The number of nitrogens with zero attached hydrogens (tertiary/aromatic N) is 1. The van der Waals surface area contributed by atoms with Crippen LogP contribution in [-0.4, -0.2) is 28.9 Å². The third-order valence-corrected chi connectivity index (χ3v) is 6.92. The number of anilines is 1. The van der Waals surface area contributed by atoms with Crippen molar-refractivity contribution in [2.24, 2.45) is 0 Å². The number of aromatic carboxylic acids is 1. The number of benzene rings is 4.